The van der Waals surface area contributed by atoms with Gasteiger partial charge in [-0.2, -0.15) is 0 Å². The number of anilines is 1. The van der Waals surface area contributed by atoms with Gasteiger partial charge in [-0.05, 0) is 24.6 Å². The molecule has 2 aliphatic rings. The highest BCUT2D eigenvalue weighted by molar-refractivity contribution is 5.87. The van der Waals surface area contributed by atoms with Crippen LogP contribution in [0.15, 0.2) is 36.0 Å². The van der Waals surface area contributed by atoms with Gasteiger partial charge in [0, 0.05) is 17.6 Å². The van der Waals surface area contributed by atoms with Crippen LogP contribution in [0.4, 0.5) is 5.69 Å². The van der Waals surface area contributed by atoms with E-state index in [-0.39, 0.29) is 18.0 Å². The Morgan fingerprint density at radius 3 is 2.82 bits per heavy atom. The van der Waals surface area contributed by atoms with Gasteiger partial charge in [-0.25, -0.2) is 4.79 Å². The number of nitrogens with one attached hydrogen (secondary N) is 2. The van der Waals surface area contributed by atoms with Crippen LogP contribution in [0.1, 0.15) is 18.4 Å². The first-order valence-corrected chi connectivity index (χ1v) is 5.74. The highest BCUT2D eigenvalue weighted by Crippen LogP contribution is 2.40. The van der Waals surface area contributed by atoms with Crippen LogP contribution >= 0.6 is 0 Å². The molecule has 0 spiro atoms. The number of rotatable bonds is 1. The monoisotopic (exact) mass is 230 g/mol. The maximum Gasteiger partial charge on any atom is 0.351 e. The fourth-order valence-corrected chi connectivity index (χ4v) is 2.71. The fourth-order valence-electron chi connectivity index (χ4n) is 2.71. The molecule has 1 aromatic rings. The molecule has 3 unspecified atom stereocenters. The standard InChI is InChI=1S/C13H14N2O2/c1-7-12-9(6-11(14-7)13(16)17)8-4-2-3-5-10(8)15-12/h2-7,9,12,14-15H,1H3,(H,16,17). The summed E-state index contributed by atoms with van der Waals surface area (Å²) in [7, 11) is 0. The van der Waals surface area contributed by atoms with E-state index in [1.807, 2.05) is 31.2 Å². The molecule has 4 heteroatoms. The molecule has 1 aromatic carbocycles. The highest BCUT2D eigenvalue weighted by Gasteiger charge is 2.38. The van der Waals surface area contributed by atoms with Gasteiger partial charge in [-0.1, -0.05) is 18.2 Å². The highest BCUT2D eigenvalue weighted by atomic mass is 16.4. The zero-order chi connectivity index (χ0) is 12.0. The van der Waals surface area contributed by atoms with Crippen LogP contribution in [-0.2, 0) is 4.79 Å². The Balaban J connectivity index is 2.06. The topological polar surface area (TPSA) is 61.4 Å². The average molecular weight is 230 g/mol. The van der Waals surface area contributed by atoms with Crippen molar-refractivity contribution in [3.63, 3.8) is 0 Å². The van der Waals surface area contributed by atoms with Crippen molar-refractivity contribution in [1.82, 2.24) is 5.32 Å². The van der Waals surface area contributed by atoms with E-state index in [9.17, 15) is 4.79 Å². The van der Waals surface area contributed by atoms with Crippen LogP contribution in [0.25, 0.3) is 0 Å². The number of carboxylic acids is 1. The quantitative estimate of drug-likeness (QED) is 0.684. The third-order valence-corrected chi connectivity index (χ3v) is 3.53. The molecule has 0 saturated carbocycles. The SMILES string of the molecule is CC1NC(C(=O)O)=CC2c3ccccc3NC12. The molecule has 2 heterocycles. The summed E-state index contributed by atoms with van der Waals surface area (Å²) in [6, 6.07) is 8.40. The van der Waals surface area contributed by atoms with E-state index in [0.717, 1.165) is 5.69 Å². The molecule has 17 heavy (non-hydrogen) atoms. The van der Waals surface area contributed by atoms with Crippen molar-refractivity contribution in [1.29, 1.82) is 0 Å². The Labute approximate surface area is 99.3 Å². The summed E-state index contributed by atoms with van der Waals surface area (Å²) in [5.74, 6) is -0.742. The zero-order valence-corrected chi connectivity index (χ0v) is 9.47. The van der Waals surface area contributed by atoms with E-state index in [1.54, 1.807) is 0 Å². The summed E-state index contributed by atoms with van der Waals surface area (Å²) < 4.78 is 0. The van der Waals surface area contributed by atoms with E-state index in [2.05, 4.69) is 16.7 Å². The average Bonchev–Trinajstić information content (AvgIpc) is 2.68. The smallest absolute Gasteiger partial charge is 0.351 e. The predicted molar refractivity (Wildman–Crippen MR) is 64.9 cm³/mol. The first kappa shape index (κ1) is 10.2. The van der Waals surface area contributed by atoms with Crippen molar-refractivity contribution >= 4 is 11.7 Å². The first-order chi connectivity index (χ1) is 8.16. The normalized spacial score (nSPS) is 29.5. The molecule has 0 aliphatic carbocycles. The molecule has 2 aliphatic heterocycles. The molecule has 3 atom stereocenters. The number of carboxylic acid groups (broad SMARTS) is 1. The van der Waals surface area contributed by atoms with Crippen LogP contribution in [0, 0.1) is 0 Å². The summed E-state index contributed by atoms with van der Waals surface area (Å²) in [6.45, 7) is 2.01. The largest absolute Gasteiger partial charge is 0.477 e. The summed E-state index contributed by atoms with van der Waals surface area (Å²) >= 11 is 0. The van der Waals surface area contributed by atoms with Crippen molar-refractivity contribution in [2.75, 3.05) is 5.32 Å². The number of benzene rings is 1. The second kappa shape index (κ2) is 3.52. The lowest BCUT2D eigenvalue weighted by molar-refractivity contribution is -0.133. The maximum atomic E-state index is 11.0. The molecule has 0 amide bonds. The summed E-state index contributed by atoms with van der Waals surface area (Å²) in [4.78, 5) is 11.0. The summed E-state index contributed by atoms with van der Waals surface area (Å²) in [6.07, 6.45) is 1.81. The molecule has 0 aromatic heterocycles. The van der Waals surface area contributed by atoms with Gasteiger partial charge in [0.1, 0.15) is 5.70 Å². The Morgan fingerprint density at radius 1 is 1.29 bits per heavy atom. The van der Waals surface area contributed by atoms with Crippen molar-refractivity contribution in [3.05, 3.63) is 41.6 Å². The van der Waals surface area contributed by atoms with Crippen molar-refractivity contribution in [2.24, 2.45) is 0 Å². The number of aliphatic carboxylic acids is 1. The van der Waals surface area contributed by atoms with E-state index < -0.39 is 5.97 Å². The van der Waals surface area contributed by atoms with Crippen LogP contribution in [0.5, 0.6) is 0 Å². The van der Waals surface area contributed by atoms with Crippen LogP contribution < -0.4 is 10.6 Å². The third kappa shape index (κ3) is 1.48. The zero-order valence-electron chi connectivity index (χ0n) is 9.47. The molecule has 4 nitrogen and oxygen atoms in total. The Kier molecular flexibility index (Phi) is 2.11. The second-order valence-electron chi connectivity index (χ2n) is 4.60. The Hall–Kier alpha value is -1.97. The molecule has 3 rings (SSSR count). The summed E-state index contributed by atoms with van der Waals surface area (Å²) in [5.41, 5.74) is 2.60. The second-order valence-corrected chi connectivity index (χ2v) is 4.60. The van der Waals surface area contributed by atoms with Gasteiger partial charge < -0.3 is 15.7 Å². The number of fused-ring (bicyclic) bond motifs is 3. The van der Waals surface area contributed by atoms with Gasteiger partial charge >= 0.3 is 5.97 Å². The van der Waals surface area contributed by atoms with Crippen LogP contribution in [0.3, 0.4) is 0 Å². The molecule has 0 saturated heterocycles. The van der Waals surface area contributed by atoms with Crippen LogP contribution in [-0.4, -0.2) is 23.2 Å². The van der Waals surface area contributed by atoms with E-state index in [4.69, 9.17) is 5.11 Å². The maximum absolute atomic E-state index is 11.0. The third-order valence-electron chi connectivity index (χ3n) is 3.53. The van der Waals surface area contributed by atoms with E-state index in [1.165, 1.54) is 5.56 Å². The molecule has 88 valence electrons. The molecule has 3 N–H and O–H groups in total. The lowest BCUT2D eigenvalue weighted by Crippen LogP contribution is -2.47. The van der Waals surface area contributed by atoms with Gasteiger partial charge in [0.15, 0.2) is 0 Å². The minimum Gasteiger partial charge on any atom is -0.477 e. The minimum atomic E-state index is -0.889. The van der Waals surface area contributed by atoms with E-state index >= 15 is 0 Å². The van der Waals surface area contributed by atoms with Crippen LogP contribution in [0.2, 0.25) is 0 Å². The number of hydrogen-bond donors (Lipinski definition) is 3. The molecular weight excluding hydrogens is 216 g/mol. The Morgan fingerprint density at radius 2 is 2.06 bits per heavy atom. The van der Waals surface area contributed by atoms with Crippen molar-refractivity contribution in [3.8, 4) is 0 Å². The lowest BCUT2D eigenvalue weighted by atomic mass is 9.87. The van der Waals surface area contributed by atoms with Crippen molar-refractivity contribution in [2.45, 2.75) is 24.9 Å². The molecular formula is C13H14N2O2. The van der Waals surface area contributed by atoms with Gasteiger partial charge in [0.05, 0.1) is 6.04 Å². The van der Waals surface area contributed by atoms with Gasteiger partial charge in [0.25, 0.3) is 0 Å². The Bertz CT molecular complexity index is 510. The number of para-hydroxylation sites is 1. The predicted octanol–water partition coefficient (Wildman–Crippen LogP) is 1.52. The van der Waals surface area contributed by atoms with Crippen molar-refractivity contribution < 1.29 is 9.90 Å². The molecule has 0 radical (unpaired) electrons. The molecule has 0 bridgehead atoms. The first-order valence-electron chi connectivity index (χ1n) is 5.74. The molecule has 0 fully saturated rings. The minimum absolute atomic E-state index is 0.100. The van der Waals surface area contributed by atoms with Gasteiger partial charge in [-0.3, -0.25) is 0 Å². The number of hydrogen-bond acceptors (Lipinski definition) is 3. The van der Waals surface area contributed by atoms with Gasteiger partial charge in [0.2, 0.25) is 0 Å². The van der Waals surface area contributed by atoms with E-state index in [0.29, 0.717) is 5.70 Å². The van der Waals surface area contributed by atoms with Gasteiger partial charge in [-0.15, -0.1) is 0 Å². The lowest BCUT2D eigenvalue weighted by Gasteiger charge is -2.31. The number of carbonyl (C=O) groups is 1. The fraction of sp³-hybridized carbons (Fsp3) is 0.308. The summed E-state index contributed by atoms with van der Waals surface area (Å²) in [5, 5.41) is 15.5.